The number of rotatable bonds is 2. The highest BCUT2D eigenvalue weighted by Crippen LogP contribution is 2.33. The van der Waals surface area contributed by atoms with Gasteiger partial charge >= 0.3 is 0 Å². The summed E-state index contributed by atoms with van der Waals surface area (Å²) in [5.74, 6) is -0.0944. The average Bonchev–Trinajstić information content (AvgIpc) is 2.85. The lowest BCUT2D eigenvalue weighted by Crippen LogP contribution is -2.37. The molecule has 2 rings (SSSR count). The molecule has 0 radical (unpaired) electrons. The predicted molar refractivity (Wildman–Crippen MR) is 53.8 cm³/mol. The Morgan fingerprint density at radius 1 is 1.64 bits per heavy atom. The van der Waals surface area contributed by atoms with E-state index in [0.717, 1.165) is 24.2 Å². The third-order valence-corrected chi connectivity index (χ3v) is 2.40. The monoisotopic (exact) mass is 191 g/mol. The van der Waals surface area contributed by atoms with Gasteiger partial charge in [0.15, 0.2) is 0 Å². The third-order valence-electron chi connectivity index (χ3n) is 2.40. The zero-order valence-electron chi connectivity index (χ0n) is 8.08. The van der Waals surface area contributed by atoms with Crippen molar-refractivity contribution in [3.63, 3.8) is 0 Å². The van der Waals surface area contributed by atoms with Crippen molar-refractivity contribution in [1.82, 2.24) is 4.98 Å². The van der Waals surface area contributed by atoms with E-state index in [9.17, 15) is 4.79 Å². The summed E-state index contributed by atoms with van der Waals surface area (Å²) in [4.78, 5) is 15.6. The molecule has 1 heterocycles. The Bertz CT molecular complexity index is 371. The lowest BCUT2D eigenvalue weighted by Gasteiger charge is -2.09. The summed E-state index contributed by atoms with van der Waals surface area (Å²) in [5, 5.41) is 2.78. The van der Waals surface area contributed by atoms with Crippen molar-refractivity contribution in [2.75, 3.05) is 5.32 Å². The first-order valence-corrected chi connectivity index (χ1v) is 4.63. The van der Waals surface area contributed by atoms with Crippen molar-refractivity contribution < 1.29 is 4.79 Å². The van der Waals surface area contributed by atoms with E-state index in [1.54, 1.807) is 12.3 Å². The topological polar surface area (TPSA) is 68.0 Å². The van der Waals surface area contributed by atoms with Gasteiger partial charge < -0.3 is 11.1 Å². The van der Waals surface area contributed by atoms with E-state index in [-0.39, 0.29) is 5.91 Å². The van der Waals surface area contributed by atoms with E-state index in [4.69, 9.17) is 5.73 Å². The normalized spacial score (nSPS) is 17.6. The van der Waals surface area contributed by atoms with Gasteiger partial charge in [0.25, 0.3) is 0 Å². The van der Waals surface area contributed by atoms with Gasteiger partial charge in [-0.1, -0.05) is 0 Å². The maximum absolute atomic E-state index is 11.6. The number of nitrogens with two attached hydrogens (primary N) is 1. The Balaban J connectivity index is 2.07. The van der Waals surface area contributed by atoms with Gasteiger partial charge in [-0.3, -0.25) is 9.78 Å². The molecule has 0 atom stereocenters. The first-order chi connectivity index (χ1) is 6.60. The molecule has 1 aliphatic carbocycles. The van der Waals surface area contributed by atoms with Crippen LogP contribution in [0, 0.1) is 6.92 Å². The van der Waals surface area contributed by atoms with Crippen LogP contribution in [-0.4, -0.2) is 16.4 Å². The number of aryl methyl sites for hydroxylation is 1. The second-order valence-electron chi connectivity index (χ2n) is 3.80. The third kappa shape index (κ3) is 1.75. The molecule has 1 aromatic rings. The van der Waals surface area contributed by atoms with Crippen molar-refractivity contribution >= 4 is 11.6 Å². The van der Waals surface area contributed by atoms with Crippen LogP contribution in [0.1, 0.15) is 18.5 Å². The SMILES string of the molecule is Cc1cc(NC(=O)C2(N)CC2)ccn1. The minimum atomic E-state index is -0.614. The molecule has 0 bridgehead atoms. The second-order valence-corrected chi connectivity index (χ2v) is 3.80. The number of anilines is 1. The molecule has 0 aromatic carbocycles. The Morgan fingerprint density at radius 3 is 2.93 bits per heavy atom. The fourth-order valence-electron chi connectivity index (χ4n) is 1.24. The van der Waals surface area contributed by atoms with Crippen LogP contribution in [0.4, 0.5) is 5.69 Å². The Labute approximate surface area is 82.5 Å². The standard InChI is InChI=1S/C10H13N3O/c1-7-6-8(2-5-12-7)13-9(14)10(11)3-4-10/h2,5-6H,3-4,11H2,1H3,(H,12,13,14). The molecule has 74 valence electrons. The van der Waals surface area contributed by atoms with Crippen molar-refractivity contribution in [2.45, 2.75) is 25.3 Å². The molecular weight excluding hydrogens is 178 g/mol. The molecule has 0 unspecified atom stereocenters. The Kier molecular flexibility index (Phi) is 2.00. The van der Waals surface area contributed by atoms with Gasteiger partial charge in [0, 0.05) is 17.6 Å². The van der Waals surface area contributed by atoms with E-state index in [2.05, 4.69) is 10.3 Å². The summed E-state index contributed by atoms with van der Waals surface area (Å²) in [6.07, 6.45) is 3.23. The number of carbonyl (C=O) groups excluding carboxylic acids is 1. The molecule has 0 spiro atoms. The van der Waals surface area contributed by atoms with E-state index in [1.165, 1.54) is 0 Å². The molecule has 1 aliphatic rings. The van der Waals surface area contributed by atoms with Crippen molar-refractivity contribution in [3.05, 3.63) is 24.0 Å². The highest BCUT2D eigenvalue weighted by molar-refractivity contribution is 6.00. The first-order valence-electron chi connectivity index (χ1n) is 4.63. The summed E-state index contributed by atoms with van der Waals surface area (Å²) < 4.78 is 0. The number of hydrogen-bond acceptors (Lipinski definition) is 3. The van der Waals surface area contributed by atoms with E-state index < -0.39 is 5.54 Å². The summed E-state index contributed by atoms with van der Waals surface area (Å²) >= 11 is 0. The molecule has 1 aromatic heterocycles. The van der Waals surface area contributed by atoms with Crippen LogP contribution in [0.15, 0.2) is 18.3 Å². The van der Waals surface area contributed by atoms with Gasteiger partial charge in [-0.25, -0.2) is 0 Å². The highest BCUT2D eigenvalue weighted by Gasteiger charge is 2.45. The number of hydrogen-bond donors (Lipinski definition) is 2. The maximum Gasteiger partial charge on any atom is 0.244 e. The summed E-state index contributed by atoms with van der Waals surface area (Å²) in [7, 11) is 0. The van der Waals surface area contributed by atoms with Crippen molar-refractivity contribution in [3.8, 4) is 0 Å². The second kappa shape index (κ2) is 3.06. The Hall–Kier alpha value is -1.42. The van der Waals surface area contributed by atoms with Gasteiger partial charge in [-0.15, -0.1) is 0 Å². The summed E-state index contributed by atoms with van der Waals surface area (Å²) in [6, 6.07) is 3.58. The number of nitrogens with one attached hydrogen (secondary N) is 1. The number of amides is 1. The van der Waals surface area contributed by atoms with Gasteiger partial charge in [-0.2, -0.15) is 0 Å². The van der Waals surface area contributed by atoms with Crippen LogP contribution in [0.25, 0.3) is 0 Å². The zero-order valence-corrected chi connectivity index (χ0v) is 8.08. The van der Waals surface area contributed by atoms with E-state index in [0.29, 0.717) is 0 Å². The van der Waals surface area contributed by atoms with Crippen molar-refractivity contribution in [2.24, 2.45) is 5.73 Å². The van der Waals surface area contributed by atoms with E-state index >= 15 is 0 Å². The number of carbonyl (C=O) groups is 1. The van der Waals surface area contributed by atoms with Crippen LogP contribution >= 0.6 is 0 Å². The molecule has 1 saturated carbocycles. The minimum absolute atomic E-state index is 0.0944. The average molecular weight is 191 g/mol. The largest absolute Gasteiger partial charge is 0.324 e. The molecule has 4 nitrogen and oxygen atoms in total. The summed E-state index contributed by atoms with van der Waals surface area (Å²) in [5.41, 5.74) is 6.78. The van der Waals surface area contributed by atoms with Gasteiger partial charge in [0.05, 0.1) is 5.54 Å². The van der Waals surface area contributed by atoms with Crippen LogP contribution in [0.2, 0.25) is 0 Å². The van der Waals surface area contributed by atoms with Crippen LogP contribution < -0.4 is 11.1 Å². The molecule has 14 heavy (non-hydrogen) atoms. The van der Waals surface area contributed by atoms with Crippen molar-refractivity contribution in [1.29, 1.82) is 0 Å². The lowest BCUT2D eigenvalue weighted by molar-refractivity contribution is -0.118. The highest BCUT2D eigenvalue weighted by atomic mass is 16.2. The van der Waals surface area contributed by atoms with Gasteiger partial charge in [0.2, 0.25) is 5.91 Å². The molecule has 0 saturated heterocycles. The zero-order chi connectivity index (χ0) is 10.2. The summed E-state index contributed by atoms with van der Waals surface area (Å²) in [6.45, 7) is 1.88. The molecule has 1 fully saturated rings. The number of pyridine rings is 1. The molecule has 0 aliphatic heterocycles. The van der Waals surface area contributed by atoms with Crippen LogP contribution in [0.3, 0.4) is 0 Å². The first kappa shape index (κ1) is 9.15. The Morgan fingerprint density at radius 2 is 2.36 bits per heavy atom. The minimum Gasteiger partial charge on any atom is -0.324 e. The number of aromatic nitrogens is 1. The van der Waals surface area contributed by atoms with Crippen LogP contribution in [-0.2, 0) is 4.79 Å². The van der Waals surface area contributed by atoms with Crippen LogP contribution in [0.5, 0.6) is 0 Å². The smallest absolute Gasteiger partial charge is 0.244 e. The fraction of sp³-hybridized carbons (Fsp3) is 0.400. The molecule has 3 N–H and O–H groups in total. The van der Waals surface area contributed by atoms with E-state index in [1.807, 2.05) is 13.0 Å². The predicted octanol–water partition coefficient (Wildman–Crippen LogP) is 0.820. The molecular formula is C10H13N3O. The maximum atomic E-state index is 11.6. The molecule has 1 amide bonds. The lowest BCUT2D eigenvalue weighted by atomic mass is 10.2. The quantitative estimate of drug-likeness (QED) is 0.727. The molecule has 4 heteroatoms. The fourth-order valence-corrected chi connectivity index (χ4v) is 1.24. The number of nitrogens with zero attached hydrogens (tertiary/aromatic N) is 1. The van der Waals surface area contributed by atoms with Gasteiger partial charge in [0.1, 0.15) is 0 Å². The van der Waals surface area contributed by atoms with Gasteiger partial charge in [-0.05, 0) is 31.9 Å².